The summed E-state index contributed by atoms with van der Waals surface area (Å²) in [5.74, 6) is 0.0716. The number of carbonyl (C=O) groups excluding carboxylic acids is 1. The van der Waals surface area contributed by atoms with Crippen LogP contribution in [0.1, 0.15) is 12.0 Å². The molecule has 0 radical (unpaired) electrons. The Hall–Kier alpha value is -2.47. The van der Waals surface area contributed by atoms with Crippen LogP contribution in [0.2, 0.25) is 0 Å². The highest BCUT2D eigenvalue weighted by molar-refractivity contribution is 5.92. The van der Waals surface area contributed by atoms with Gasteiger partial charge in [0.2, 0.25) is 5.91 Å². The Morgan fingerprint density at radius 1 is 1.26 bits per heavy atom. The first-order chi connectivity index (χ1) is 11.2. The van der Waals surface area contributed by atoms with Gasteiger partial charge in [-0.05, 0) is 30.2 Å². The molecule has 0 saturated carbocycles. The number of nitrogens with one attached hydrogen (secondary N) is 2. The number of hydrogen-bond acceptors (Lipinski definition) is 4. The van der Waals surface area contributed by atoms with Crippen LogP contribution >= 0.6 is 0 Å². The Morgan fingerprint density at radius 2 is 2.09 bits per heavy atom. The fourth-order valence-electron chi connectivity index (χ4n) is 2.03. The third-order valence-electron chi connectivity index (χ3n) is 3.19. The van der Waals surface area contributed by atoms with Crippen molar-refractivity contribution in [2.45, 2.75) is 12.8 Å². The van der Waals surface area contributed by atoms with Gasteiger partial charge in [-0.25, -0.2) is 9.37 Å². The smallest absolute Gasteiger partial charge is 0.228 e. The van der Waals surface area contributed by atoms with Crippen LogP contribution < -0.4 is 10.6 Å². The average Bonchev–Trinajstić information content (AvgIpc) is 2.55. The molecular formula is C17H20FN3O2. The first kappa shape index (κ1) is 16.9. The van der Waals surface area contributed by atoms with Crippen LogP contribution in [0.4, 0.5) is 15.9 Å². The summed E-state index contributed by atoms with van der Waals surface area (Å²) in [5, 5.41) is 5.86. The normalized spacial score (nSPS) is 10.3. The fourth-order valence-corrected chi connectivity index (χ4v) is 2.03. The average molecular weight is 317 g/mol. The minimum Gasteiger partial charge on any atom is -0.385 e. The summed E-state index contributed by atoms with van der Waals surface area (Å²) < 4.78 is 18.5. The zero-order chi connectivity index (χ0) is 16.5. The Kier molecular flexibility index (Phi) is 6.50. The molecule has 1 heterocycles. The van der Waals surface area contributed by atoms with E-state index in [0.29, 0.717) is 17.9 Å². The SMILES string of the molecule is COCCCNc1ccc(NC(=O)Cc2ccccc2F)cn1. The Balaban J connectivity index is 1.83. The lowest BCUT2D eigenvalue weighted by molar-refractivity contribution is -0.115. The molecule has 0 unspecified atom stereocenters. The van der Waals surface area contributed by atoms with Crippen molar-refractivity contribution in [1.29, 1.82) is 0 Å². The molecule has 0 bridgehead atoms. The number of hydrogen-bond donors (Lipinski definition) is 2. The lowest BCUT2D eigenvalue weighted by Crippen LogP contribution is -2.15. The molecule has 5 nitrogen and oxygen atoms in total. The molecule has 6 heteroatoms. The van der Waals surface area contributed by atoms with Crippen LogP contribution in [0.25, 0.3) is 0 Å². The summed E-state index contributed by atoms with van der Waals surface area (Å²) in [5.41, 5.74) is 0.947. The zero-order valence-corrected chi connectivity index (χ0v) is 13.0. The molecule has 1 aromatic heterocycles. The highest BCUT2D eigenvalue weighted by Crippen LogP contribution is 2.12. The number of carbonyl (C=O) groups is 1. The Bertz CT molecular complexity index is 632. The number of rotatable bonds is 8. The van der Waals surface area contributed by atoms with E-state index in [2.05, 4.69) is 15.6 Å². The van der Waals surface area contributed by atoms with Gasteiger partial charge < -0.3 is 15.4 Å². The molecule has 2 aromatic rings. The van der Waals surface area contributed by atoms with E-state index in [4.69, 9.17) is 4.74 Å². The fraction of sp³-hybridized carbons (Fsp3) is 0.294. The molecule has 122 valence electrons. The molecule has 0 saturated heterocycles. The van der Waals surface area contributed by atoms with E-state index < -0.39 is 0 Å². The first-order valence-corrected chi connectivity index (χ1v) is 7.41. The maximum atomic E-state index is 13.5. The van der Waals surface area contributed by atoms with Crippen LogP contribution in [-0.4, -0.2) is 31.2 Å². The van der Waals surface area contributed by atoms with Crippen molar-refractivity contribution in [3.63, 3.8) is 0 Å². The second-order valence-electron chi connectivity index (χ2n) is 5.02. The van der Waals surface area contributed by atoms with Crippen LogP contribution in [0.3, 0.4) is 0 Å². The third-order valence-corrected chi connectivity index (χ3v) is 3.19. The molecule has 0 aliphatic rings. The molecule has 0 spiro atoms. The van der Waals surface area contributed by atoms with Gasteiger partial charge in [-0.2, -0.15) is 0 Å². The lowest BCUT2D eigenvalue weighted by atomic mass is 10.1. The minimum atomic E-state index is -0.378. The Morgan fingerprint density at radius 3 is 2.78 bits per heavy atom. The number of pyridine rings is 1. The molecule has 0 aliphatic heterocycles. The molecule has 0 atom stereocenters. The van der Waals surface area contributed by atoms with Crippen LogP contribution in [-0.2, 0) is 16.0 Å². The molecule has 0 aliphatic carbocycles. The van der Waals surface area contributed by atoms with E-state index in [1.807, 2.05) is 0 Å². The number of aromatic nitrogens is 1. The van der Waals surface area contributed by atoms with Gasteiger partial charge in [0, 0.05) is 20.3 Å². The van der Waals surface area contributed by atoms with Crippen LogP contribution in [0, 0.1) is 5.82 Å². The molecule has 0 fully saturated rings. The number of halogens is 1. The van der Waals surface area contributed by atoms with E-state index in [9.17, 15) is 9.18 Å². The van der Waals surface area contributed by atoms with Gasteiger partial charge in [0.25, 0.3) is 0 Å². The van der Waals surface area contributed by atoms with Gasteiger partial charge in [-0.3, -0.25) is 4.79 Å². The molecule has 2 rings (SSSR count). The van der Waals surface area contributed by atoms with Crippen LogP contribution in [0.15, 0.2) is 42.6 Å². The number of benzene rings is 1. The van der Waals surface area contributed by atoms with Crippen molar-refractivity contribution in [3.8, 4) is 0 Å². The summed E-state index contributed by atoms with van der Waals surface area (Å²) in [4.78, 5) is 16.1. The van der Waals surface area contributed by atoms with E-state index in [1.54, 1.807) is 43.6 Å². The monoisotopic (exact) mass is 317 g/mol. The van der Waals surface area contributed by atoms with Crippen molar-refractivity contribution in [2.75, 3.05) is 30.9 Å². The predicted molar refractivity (Wildman–Crippen MR) is 88.0 cm³/mol. The molecule has 1 aromatic carbocycles. The minimum absolute atomic E-state index is 0.0102. The van der Waals surface area contributed by atoms with Crippen molar-refractivity contribution in [1.82, 2.24) is 4.98 Å². The van der Waals surface area contributed by atoms with Gasteiger partial charge in [0.05, 0.1) is 18.3 Å². The highest BCUT2D eigenvalue weighted by Gasteiger charge is 2.08. The van der Waals surface area contributed by atoms with Gasteiger partial charge in [0.1, 0.15) is 11.6 Å². The Labute approximate surface area is 134 Å². The second kappa shape index (κ2) is 8.85. The van der Waals surface area contributed by atoms with Crippen LogP contribution in [0.5, 0.6) is 0 Å². The zero-order valence-electron chi connectivity index (χ0n) is 13.0. The number of ether oxygens (including phenoxy) is 1. The molecule has 2 N–H and O–H groups in total. The predicted octanol–water partition coefficient (Wildman–Crippen LogP) is 2.85. The summed E-state index contributed by atoms with van der Waals surface area (Å²) >= 11 is 0. The second-order valence-corrected chi connectivity index (χ2v) is 5.02. The topological polar surface area (TPSA) is 63.2 Å². The number of nitrogens with zero attached hydrogens (tertiary/aromatic N) is 1. The molecule has 23 heavy (non-hydrogen) atoms. The van der Waals surface area contributed by atoms with Gasteiger partial charge in [0.15, 0.2) is 0 Å². The highest BCUT2D eigenvalue weighted by atomic mass is 19.1. The van der Waals surface area contributed by atoms with Gasteiger partial charge in [-0.1, -0.05) is 18.2 Å². The molecular weight excluding hydrogens is 297 g/mol. The van der Waals surface area contributed by atoms with E-state index in [-0.39, 0.29) is 18.1 Å². The summed E-state index contributed by atoms with van der Waals surface area (Å²) in [7, 11) is 1.66. The first-order valence-electron chi connectivity index (χ1n) is 7.41. The largest absolute Gasteiger partial charge is 0.385 e. The summed E-state index contributed by atoms with van der Waals surface area (Å²) in [6, 6.07) is 9.78. The van der Waals surface area contributed by atoms with Crippen molar-refractivity contribution >= 4 is 17.4 Å². The van der Waals surface area contributed by atoms with Gasteiger partial charge >= 0.3 is 0 Å². The van der Waals surface area contributed by atoms with Crippen molar-refractivity contribution in [3.05, 3.63) is 54.0 Å². The molecule has 1 amide bonds. The van der Waals surface area contributed by atoms with E-state index >= 15 is 0 Å². The van der Waals surface area contributed by atoms with Gasteiger partial charge in [-0.15, -0.1) is 0 Å². The summed E-state index contributed by atoms with van der Waals surface area (Å²) in [6.07, 6.45) is 2.45. The quantitative estimate of drug-likeness (QED) is 0.735. The number of methoxy groups -OCH3 is 1. The maximum Gasteiger partial charge on any atom is 0.228 e. The third kappa shape index (κ3) is 5.67. The van der Waals surface area contributed by atoms with Crippen molar-refractivity contribution in [2.24, 2.45) is 0 Å². The van der Waals surface area contributed by atoms with E-state index in [0.717, 1.165) is 18.8 Å². The standard InChI is InChI=1S/C17H20FN3O2/c1-23-10-4-9-19-16-8-7-14(12-20-16)21-17(22)11-13-5-2-3-6-15(13)18/h2-3,5-8,12H,4,9-11H2,1H3,(H,19,20)(H,21,22). The van der Waals surface area contributed by atoms with Crippen molar-refractivity contribution < 1.29 is 13.9 Å². The summed E-state index contributed by atoms with van der Waals surface area (Å²) in [6.45, 7) is 1.46. The van der Waals surface area contributed by atoms with E-state index in [1.165, 1.54) is 6.07 Å². The number of amides is 1. The maximum absolute atomic E-state index is 13.5. The lowest BCUT2D eigenvalue weighted by Gasteiger charge is -2.08. The number of anilines is 2.